The molecule has 1 fully saturated rings. The lowest BCUT2D eigenvalue weighted by Crippen LogP contribution is -2.48. The van der Waals surface area contributed by atoms with Crippen LogP contribution in [0.1, 0.15) is 59.3 Å². The highest BCUT2D eigenvalue weighted by molar-refractivity contribution is 5.82. The van der Waals surface area contributed by atoms with Crippen molar-refractivity contribution >= 4 is 5.91 Å². The van der Waals surface area contributed by atoms with Gasteiger partial charge in [0.05, 0.1) is 5.41 Å². The molecular formula is C14H28N2O. The molecule has 1 rings (SSSR count). The molecule has 0 radical (unpaired) electrons. The van der Waals surface area contributed by atoms with E-state index in [0.29, 0.717) is 18.5 Å². The van der Waals surface area contributed by atoms with Crippen LogP contribution in [-0.2, 0) is 4.79 Å². The number of nitrogens with one attached hydrogen (secondary N) is 1. The maximum absolute atomic E-state index is 12.1. The van der Waals surface area contributed by atoms with Crippen LogP contribution in [0, 0.1) is 11.3 Å². The summed E-state index contributed by atoms with van der Waals surface area (Å²) in [7, 11) is 0. The Morgan fingerprint density at radius 2 is 1.94 bits per heavy atom. The van der Waals surface area contributed by atoms with Gasteiger partial charge in [0.2, 0.25) is 5.91 Å². The first-order chi connectivity index (χ1) is 8.01. The van der Waals surface area contributed by atoms with Gasteiger partial charge in [0.15, 0.2) is 0 Å². The van der Waals surface area contributed by atoms with E-state index in [1.54, 1.807) is 0 Å². The molecule has 1 atom stereocenters. The summed E-state index contributed by atoms with van der Waals surface area (Å²) in [5, 5.41) is 3.21. The average Bonchev–Trinajstić information content (AvgIpc) is 2.36. The van der Waals surface area contributed by atoms with Gasteiger partial charge < -0.3 is 11.1 Å². The number of amides is 1. The van der Waals surface area contributed by atoms with Gasteiger partial charge in [0.1, 0.15) is 0 Å². The Kier molecular flexibility index (Phi) is 5.44. The standard InChI is InChI=1S/C14H28N2O/c1-4-12(11-8-6-5-7-9-11)16-13(17)14(2,3)10-15/h11-12H,4-10,15H2,1-3H3,(H,16,17). The topological polar surface area (TPSA) is 55.1 Å². The van der Waals surface area contributed by atoms with Crippen LogP contribution < -0.4 is 11.1 Å². The number of nitrogens with two attached hydrogens (primary N) is 1. The van der Waals surface area contributed by atoms with Crippen molar-refractivity contribution in [3.8, 4) is 0 Å². The Morgan fingerprint density at radius 3 is 2.41 bits per heavy atom. The molecule has 1 saturated carbocycles. The van der Waals surface area contributed by atoms with E-state index in [1.165, 1.54) is 32.1 Å². The smallest absolute Gasteiger partial charge is 0.227 e. The quantitative estimate of drug-likeness (QED) is 0.775. The number of carbonyl (C=O) groups is 1. The lowest BCUT2D eigenvalue weighted by molar-refractivity contribution is -0.130. The summed E-state index contributed by atoms with van der Waals surface area (Å²) in [5.74, 6) is 0.781. The van der Waals surface area contributed by atoms with Crippen molar-refractivity contribution in [2.75, 3.05) is 6.54 Å². The molecule has 17 heavy (non-hydrogen) atoms. The molecule has 1 aliphatic rings. The van der Waals surface area contributed by atoms with Crippen LogP contribution in [0.2, 0.25) is 0 Å². The summed E-state index contributed by atoms with van der Waals surface area (Å²) in [6, 6.07) is 0.341. The number of carbonyl (C=O) groups excluding carboxylic acids is 1. The van der Waals surface area contributed by atoms with Crippen LogP contribution in [0.15, 0.2) is 0 Å². The molecule has 3 N–H and O–H groups in total. The predicted molar refractivity (Wildman–Crippen MR) is 71.6 cm³/mol. The molecule has 1 unspecified atom stereocenters. The monoisotopic (exact) mass is 240 g/mol. The zero-order valence-corrected chi connectivity index (χ0v) is 11.6. The second-order valence-electron chi connectivity index (χ2n) is 5.97. The van der Waals surface area contributed by atoms with E-state index in [1.807, 2.05) is 13.8 Å². The van der Waals surface area contributed by atoms with Crippen molar-refractivity contribution in [2.24, 2.45) is 17.1 Å². The molecular weight excluding hydrogens is 212 g/mol. The third-order valence-corrected chi connectivity index (χ3v) is 4.10. The molecule has 3 heteroatoms. The van der Waals surface area contributed by atoms with Crippen molar-refractivity contribution < 1.29 is 4.79 Å². The average molecular weight is 240 g/mol. The Bertz CT molecular complexity index is 245. The first-order valence-corrected chi connectivity index (χ1v) is 7.02. The van der Waals surface area contributed by atoms with Crippen LogP contribution >= 0.6 is 0 Å². The Balaban J connectivity index is 2.54. The highest BCUT2D eigenvalue weighted by Gasteiger charge is 2.30. The fraction of sp³-hybridized carbons (Fsp3) is 0.929. The maximum Gasteiger partial charge on any atom is 0.227 e. The lowest BCUT2D eigenvalue weighted by atomic mass is 9.82. The second kappa shape index (κ2) is 6.39. The molecule has 3 nitrogen and oxygen atoms in total. The van der Waals surface area contributed by atoms with E-state index in [4.69, 9.17) is 5.73 Å². The Hall–Kier alpha value is -0.570. The molecule has 0 aliphatic heterocycles. The molecule has 0 heterocycles. The highest BCUT2D eigenvalue weighted by Crippen LogP contribution is 2.28. The fourth-order valence-corrected chi connectivity index (χ4v) is 2.55. The zero-order chi connectivity index (χ0) is 12.9. The normalized spacial score (nSPS) is 20.0. The third-order valence-electron chi connectivity index (χ3n) is 4.10. The number of hydrogen-bond acceptors (Lipinski definition) is 2. The summed E-state index contributed by atoms with van der Waals surface area (Å²) >= 11 is 0. The van der Waals surface area contributed by atoms with Crippen LogP contribution in [-0.4, -0.2) is 18.5 Å². The third kappa shape index (κ3) is 3.98. The van der Waals surface area contributed by atoms with E-state index in [-0.39, 0.29) is 5.91 Å². The highest BCUT2D eigenvalue weighted by atomic mass is 16.2. The van der Waals surface area contributed by atoms with E-state index in [2.05, 4.69) is 12.2 Å². The largest absolute Gasteiger partial charge is 0.353 e. The molecule has 0 spiro atoms. The molecule has 0 saturated heterocycles. The summed E-state index contributed by atoms with van der Waals surface area (Å²) < 4.78 is 0. The second-order valence-corrected chi connectivity index (χ2v) is 5.97. The molecule has 1 amide bonds. The van der Waals surface area contributed by atoms with Crippen LogP contribution in [0.4, 0.5) is 0 Å². The van der Waals surface area contributed by atoms with Crippen molar-refractivity contribution in [3.63, 3.8) is 0 Å². The van der Waals surface area contributed by atoms with E-state index in [0.717, 1.165) is 6.42 Å². The van der Waals surface area contributed by atoms with Crippen LogP contribution in [0.3, 0.4) is 0 Å². The number of rotatable bonds is 5. The van der Waals surface area contributed by atoms with Gasteiger partial charge in [-0.1, -0.05) is 26.2 Å². The summed E-state index contributed by atoms with van der Waals surface area (Å²) in [6.07, 6.45) is 7.55. The van der Waals surface area contributed by atoms with Gasteiger partial charge in [-0.05, 0) is 39.0 Å². The van der Waals surface area contributed by atoms with Gasteiger partial charge in [0.25, 0.3) is 0 Å². The minimum absolute atomic E-state index is 0.109. The van der Waals surface area contributed by atoms with Crippen LogP contribution in [0.25, 0.3) is 0 Å². The molecule has 0 bridgehead atoms. The van der Waals surface area contributed by atoms with Gasteiger partial charge in [0, 0.05) is 12.6 Å². The van der Waals surface area contributed by atoms with E-state index >= 15 is 0 Å². The molecule has 0 aromatic heterocycles. The van der Waals surface area contributed by atoms with Gasteiger partial charge in [-0.2, -0.15) is 0 Å². The van der Waals surface area contributed by atoms with Crippen molar-refractivity contribution in [1.82, 2.24) is 5.32 Å². The fourth-order valence-electron chi connectivity index (χ4n) is 2.55. The van der Waals surface area contributed by atoms with E-state index < -0.39 is 5.41 Å². The molecule has 100 valence electrons. The van der Waals surface area contributed by atoms with Gasteiger partial charge in [-0.3, -0.25) is 4.79 Å². The minimum Gasteiger partial charge on any atom is -0.353 e. The van der Waals surface area contributed by atoms with Crippen molar-refractivity contribution in [2.45, 2.75) is 65.3 Å². The van der Waals surface area contributed by atoms with E-state index in [9.17, 15) is 4.79 Å². The predicted octanol–water partition coefficient (Wildman–Crippen LogP) is 2.45. The van der Waals surface area contributed by atoms with Gasteiger partial charge in [-0.25, -0.2) is 0 Å². The van der Waals surface area contributed by atoms with Gasteiger partial charge >= 0.3 is 0 Å². The Labute approximate surface area is 106 Å². The molecule has 1 aliphatic carbocycles. The maximum atomic E-state index is 12.1. The lowest BCUT2D eigenvalue weighted by Gasteiger charge is -2.33. The SMILES string of the molecule is CCC(NC(=O)C(C)(C)CN)C1CCCCC1. The molecule has 0 aromatic rings. The van der Waals surface area contributed by atoms with Gasteiger partial charge in [-0.15, -0.1) is 0 Å². The minimum atomic E-state index is -0.442. The van der Waals surface area contributed by atoms with Crippen LogP contribution in [0.5, 0.6) is 0 Å². The zero-order valence-electron chi connectivity index (χ0n) is 11.6. The Morgan fingerprint density at radius 1 is 1.35 bits per heavy atom. The summed E-state index contributed by atoms with van der Waals surface area (Å²) in [6.45, 7) is 6.39. The summed E-state index contributed by atoms with van der Waals surface area (Å²) in [5.41, 5.74) is 5.20. The molecule has 0 aromatic carbocycles. The first-order valence-electron chi connectivity index (χ1n) is 7.02. The van der Waals surface area contributed by atoms with Crippen molar-refractivity contribution in [3.05, 3.63) is 0 Å². The number of hydrogen-bond donors (Lipinski definition) is 2. The van der Waals surface area contributed by atoms with Crippen molar-refractivity contribution in [1.29, 1.82) is 0 Å². The summed E-state index contributed by atoms with van der Waals surface area (Å²) in [4.78, 5) is 12.1. The first kappa shape index (κ1) is 14.5.